The molecule has 1 aromatic rings. The highest BCUT2D eigenvalue weighted by molar-refractivity contribution is 6.31. The van der Waals surface area contributed by atoms with Crippen molar-refractivity contribution in [2.75, 3.05) is 0 Å². The molecule has 18 heavy (non-hydrogen) atoms. The maximum Gasteiger partial charge on any atom is 0.240 e. The van der Waals surface area contributed by atoms with Crippen LogP contribution in [0.5, 0.6) is 0 Å². The number of carbonyl (C=O) groups is 1. The van der Waals surface area contributed by atoms with Gasteiger partial charge in [0, 0.05) is 5.02 Å². The van der Waals surface area contributed by atoms with Crippen LogP contribution >= 0.6 is 11.6 Å². The average Bonchev–Trinajstić information content (AvgIpc) is 3.09. The Morgan fingerprint density at radius 2 is 2.11 bits per heavy atom. The summed E-state index contributed by atoms with van der Waals surface area (Å²) in [5, 5.41) is 12.9. The second-order valence-corrected chi connectivity index (χ2v) is 5.22. The van der Waals surface area contributed by atoms with E-state index in [-0.39, 0.29) is 5.91 Å². The van der Waals surface area contributed by atoms with Crippen molar-refractivity contribution in [2.24, 2.45) is 5.73 Å². The Labute approximate surface area is 111 Å². The maximum absolute atomic E-state index is 11.9. The number of rotatable bonds is 4. The molecular formula is C13H17ClN2O2. The summed E-state index contributed by atoms with van der Waals surface area (Å²) in [6.45, 7) is 1.50. The lowest BCUT2D eigenvalue weighted by atomic mass is 10.0. The van der Waals surface area contributed by atoms with E-state index in [1.54, 1.807) is 6.07 Å². The van der Waals surface area contributed by atoms with Crippen LogP contribution in [-0.4, -0.2) is 23.2 Å². The quantitative estimate of drug-likeness (QED) is 0.767. The molecule has 0 bridgehead atoms. The minimum absolute atomic E-state index is 0.345. The van der Waals surface area contributed by atoms with Gasteiger partial charge in [0.25, 0.3) is 0 Å². The summed E-state index contributed by atoms with van der Waals surface area (Å²) in [5.74, 6) is -0.345. The summed E-state index contributed by atoms with van der Waals surface area (Å²) in [4.78, 5) is 11.9. The fourth-order valence-corrected chi connectivity index (χ4v) is 2.29. The van der Waals surface area contributed by atoms with Crippen LogP contribution in [0.15, 0.2) is 24.3 Å². The molecule has 1 aliphatic rings. The van der Waals surface area contributed by atoms with Gasteiger partial charge in [-0.25, -0.2) is 0 Å². The van der Waals surface area contributed by atoms with Gasteiger partial charge in [-0.15, -0.1) is 0 Å². The highest BCUT2D eigenvalue weighted by atomic mass is 35.5. The summed E-state index contributed by atoms with van der Waals surface area (Å²) < 4.78 is 0. The number of hydrogen-bond donors (Lipinski definition) is 3. The first-order chi connectivity index (χ1) is 8.46. The van der Waals surface area contributed by atoms with Crippen molar-refractivity contribution in [1.82, 2.24) is 5.32 Å². The van der Waals surface area contributed by atoms with E-state index in [1.165, 1.54) is 6.92 Å². The largest absolute Gasteiger partial charge is 0.391 e. The number of amides is 1. The van der Waals surface area contributed by atoms with Crippen LogP contribution in [0.1, 0.15) is 25.3 Å². The molecule has 0 spiro atoms. The van der Waals surface area contributed by atoms with Crippen molar-refractivity contribution in [2.45, 2.75) is 37.5 Å². The van der Waals surface area contributed by atoms with Gasteiger partial charge < -0.3 is 16.2 Å². The first-order valence-electron chi connectivity index (χ1n) is 5.97. The molecule has 0 radical (unpaired) electrons. The van der Waals surface area contributed by atoms with Gasteiger partial charge in [-0.05, 0) is 31.4 Å². The number of aliphatic hydroxyl groups excluding tert-OH is 1. The Hall–Kier alpha value is -1.10. The van der Waals surface area contributed by atoms with E-state index >= 15 is 0 Å². The fraction of sp³-hybridized carbons (Fsp3) is 0.462. The Morgan fingerprint density at radius 1 is 1.50 bits per heavy atom. The van der Waals surface area contributed by atoms with E-state index in [0.29, 0.717) is 5.02 Å². The fourth-order valence-electron chi connectivity index (χ4n) is 1.97. The molecule has 1 aliphatic carbocycles. The molecule has 4 N–H and O–H groups in total. The topological polar surface area (TPSA) is 75.3 Å². The van der Waals surface area contributed by atoms with Gasteiger partial charge in [0.1, 0.15) is 6.04 Å². The van der Waals surface area contributed by atoms with E-state index in [1.807, 2.05) is 18.2 Å². The van der Waals surface area contributed by atoms with Crippen LogP contribution in [0.25, 0.3) is 0 Å². The van der Waals surface area contributed by atoms with Gasteiger partial charge in [0.15, 0.2) is 0 Å². The maximum atomic E-state index is 11.9. The van der Waals surface area contributed by atoms with E-state index in [0.717, 1.165) is 18.4 Å². The number of nitrogens with two attached hydrogens (primary N) is 1. The standard InChI is InChI=1S/C13H17ClN2O2/c1-8(17)11(15)12(18)16-13(6-7-13)9-4-2-3-5-10(9)14/h2-5,8,11,17H,6-7,15H2,1H3,(H,16,18)/t8-,11+/m1/s1. The molecule has 1 fully saturated rings. The van der Waals surface area contributed by atoms with Gasteiger partial charge in [-0.1, -0.05) is 29.8 Å². The van der Waals surface area contributed by atoms with E-state index in [2.05, 4.69) is 5.32 Å². The number of nitrogens with one attached hydrogen (secondary N) is 1. The van der Waals surface area contributed by atoms with E-state index < -0.39 is 17.7 Å². The minimum Gasteiger partial charge on any atom is -0.391 e. The molecule has 2 rings (SSSR count). The van der Waals surface area contributed by atoms with Crippen molar-refractivity contribution in [3.63, 3.8) is 0 Å². The van der Waals surface area contributed by atoms with E-state index in [4.69, 9.17) is 17.3 Å². The van der Waals surface area contributed by atoms with Crippen molar-refractivity contribution in [3.8, 4) is 0 Å². The molecule has 1 amide bonds. The third-order valence-electron chi connectivity index (χ3n) is 3.32. The van der Waals surface area contributed by atoms with Crippen molar-refractivity contribution in [3.05, 3.63) is 34.9 Å². The summed E-state index contributed by atoms with van der Waals surface area (Å²) in [7, 11) is 0. The first kappa shape index (κ1) is 13.3. The van der Waals surface area contributed by atoms with E-state index in [9.17, 15) is 9.90 Å². The number of hydrogen-bond acceptors (Lipinski definition) is 3. The first-order valence-corrected chi connectivity index (χ1v) is 6.35. The smallest absolute Gasteiger partial charge is 0.240 e. The molecule has 0 saturated heterocycles. The third-order valence-corrected chi connectivity index (χ3v) is 3.65. The van der Waals surface area contributed by atoms with Crippen molar-refractivity contribution < 1.29 is 9.90 Å². The number of aliphatic hydroxyl groups is 1. The highest BCUT2D eigenvalue weighted by Crippen LogP contribution is 2.47. The van der Waals surface area contributed by atoms with Crippen LogP contribution in [0.4, 0.5) is 0 Å². The second kappa shape index (κ2) is 4.88. The highest BCUT2D eigenvalue weighted by Gasteiger charge is 2.47. The van der Waals surface area contributed by atoms with Crippen LogP contribution in [-0.2, 0) is 10.3 Å². The third kappa shape index (κ3) is 2.51. The van der Waals surface area contributed by atoms with Gasteiger partial charge in [-0.3, -0.25) is 4.79 Å². The zero-order chi connectivity index (χ0) is 13.3. The molecule has 0 aliphatic heterocycles. The molecule has 0 aromatic heterocycles. The van der Waals surface area contributed by atoms with Gasteiger partial charge >= 0.3 is 0 Å². The minimum atomic E-state index is -0.912. The van der Waals surface area contributed by atoms with Gasteiger partial charge in [-0.2, -0.15) is 0 Å². The number of carbonyl (C=O) groups excluding carboxylic acids is 1. The molecule has 0 heterocycles. The SMILES string of the molecule is C[C@@H](O)[C@H](N)C(=O)NC1(c2ccccc2Cl)CC1. The molecule has 1 saturated carbocycles. The van der Waals surface area contributed by atoms with Crippen molar-refractivity contribution >= 4 is 17.5 Å². The molecule has 5 heteroatoms. The van der Waals surface area contributed by atoms with Crippen LogP contribution < -0.4 is 11.1 Å². The van der Waals surface area contributed by atoms with Gasteiger partial charge in [0.2, 0.25) is 5.91 Å². The second-order valence-electron chi connectivity index (χ2n) is 4.82. The number of halogens is 1. The van der Waals surface area contributed by atoms with Crippen LogP contribution in [0, 0.1) is 0 Å². The monoisotopic (exact) mass is 268 g/mol. The lowest BCUT2D eigenvalue weighted by Crippen LogP contribution is -2.50. The van der Waals surface area contributed by atoms with Gasteiger partial charge in [0.05, 0.1) is 11.6 Å². The molecule has 0 unspecified atom stereocenters. The van der Waals surface area contributed by atoms with Crippen molar-refractivity contribution in [1.29, 1.82) is 0 Å². The molecule has 1 aromatic carbocycles. The summed E-state index contributed by atoms with van der Waals surface area (Å²) in [6.07, 6.45) is 0.816. The Balaban J connectivity index is 2.14. The predicted molar refractivity (Wildman–Crippen MR) is 70.2 cm³/mol. The normalized spacial score (nSPS) is 20.0. The summed E-state index contributed by atoms with van der Waals surface area (Å²) in [6, 6.07) is 6.54. The Bertz CT molecular complexity index is 458. The lowest BCUT2D eigenvalue weighted by Gasteiger charge is -2.22. The molecule has 2 atom stereocenters. The molecule has 98 valence electrons. The Kier molecular flexibility index (Phi) is 3.61. The summed E-state index contributed by atoms with van der Waals surface area (Å²) in [5.41, 5.74) is 6.13. The van der Waals surface area contributed by atoms with Crippen LogP contribution in [0.2, 0.25) is 5.02 Å². The average molecular weight is 269 g/mol. The van der Waals surface area contributed by atoms with Crippen LogP contribution in [0.3, 0.4) is 0 Å². The molecule has 4 nitrogen and oxygen atoms in total. The number of benzene rings is 1. The zero-order valence-electron chi connectivity index (χ0n) is 10.2. The molecular weight excluding hydrogens is 252 g/mol. The predicted octanol–water partition coefficient (Wildman–Crippen LogP) is 1.15. The Morgan fingerprint density at radius 3 is 2.61 bits per heavy atom. The zero-order valence-corrected chi connectivity index (χ0v) is 10.9. The summed E-state index contributed by atoms with van der Waals surface area (Å²) >= 11 is 6.14. The lowest BCUT2D eigenvalue weighted by molar-refractivity contribution is -0.125.